The van der Waals surface area contributed by atoms with E-state index >= 15 is 0 Å². The van der Waals surface area contributed by atoms with Gasteiger partial charge in [0.1, 0.15) is 0 Å². The van der Waals surface area contributed by atoms with Crippen molar-refractivity contribution in [3.05, 3.63) is 23.8 Å². The second-order valence-corrected chi connectivity index (χ2v) is 4.29. The van der Waals surface area contributed by atoms with E-state index in [4.69, 9.17) is 5.73 Å². The van der Waals surface area contributed by atoms with Gasteiger partial charge in [-0.2, -0.15) is 0 Å². The van der Waals surface area contributed by atoms with Gasteiger partial charge in [-0.25, -0.2) is 4.79 Å². The van der Waals surface area contributed by atoms with Crippen molar-refractivity contribution in [3.63, 3.8) is 0 Å². The molecule has 0 aromatic heterocycles. The largest absolute Gasteiger partial charge is 0.374 e. The Morgan fingerprint density at radius 2 is 2.22 bits per heavy atom. The third-order valence-electron chi connectivity index (χ3n) is 2.89. The van der Waals surface area contributed by atoms with E-state index in [1.54, 1.807) is 0 Å². The van der Waals surface area contributed by atoms with Crippen LogP contribution in [0.4, 0.5) is 16.2 Å². The molecule has 3 amide bonds. The number of rotatable bonds is 3. The first-order valence-corrected chi connectivity index (χ1v) is 5.73. The quantitative estimate of drug-likeness (QED) is 0.718. The third-order valence-corrected chi connectivity index (χ3v) is 2.89. The minimum absolute atomic E-state index is 0.167. The number of hydrogen-bond acceptors (Lipinski definition) is 3. The highest BCUT2D eigenvalue weighted by Crippen LogP contribution is 2.28. The van der Waals surface area contributed by atoms with Crippen LogP contribution in [0, 0.1) is 0 Å². The topological polar surface area (TPSA) is 87.5 Å². The second-order valence-electron chi connectivity index (χ2n) is 4.29. The van der Waals surface area contributed by atoms with E-state index in [0.717, 1.165) is 13.0 Å². The van der Waals surface area contributed by atoms with Gasteiger partial charge in [0, 0.05) is 25.0 Å². The third kappa shape index (κ3) is 2.71. The molecule has 0 aliphatic carbocycles. The molecule has 0 fully saturated rings. The van der Waals surface area contributed by atoms with Crippen LogP contribution in [0.2, 0.25) is 0 Å². The fourth-order valence-electron chi connectivity index (χ4n) is 1.99. The Hall–Kier alpha value is -2.24. The Kier molecular flexibility index (Phi) is 3.36. The summed E-state index contributed by atoms with van der Waals surface area (Å²) in [5.41, 5.74) is 8.06. The zero-order chi connectivity index (χ0) is 13.1. The first-order valence-electron chi connectivity index (χ1n) is 5.73. The van der Waals surface area contributed by atoms with Gasteiger partial charge >= 0.3 is 6.03 Å². The molecule has 0 saturated carbocycles. The number of fused-ring (bicyclic) bond motifs is 1. The Balaban J connectivity index is 1.98. The maximum Gasteiger partial charge on any atom is 0.319 e. The number of benzene rings is 1. The number of hydrogen-bond donors (Lipinski definition) is 3. The van der Waals surface area contributed by atoms with Crippen molar-refractivity contribution < 1.29 is 9.59 Å². The number of urea groups is 1. The minimum atomic E-state index is -0.569. The number of nitrogens with two attached hydrogens (primary N) is 1. The number of nitrogens with zero attached hydrogens (tertiary/aromatic N) is 1. The molecule has 1 aliphatic rings. The highest BCUT2D eigenvalue weighted by molar-refractivity contribution is 5.92. The Bertz CT molecular complexity index is 487. The van der Waals surface area contributed by atoms with Crippen molar-refractivity contribution in [2.75, 3.05) is 30.4 Å². The Labute approximate surface area is 105 Å². The zero-order valence-electron chi connectivity index (χ0n) is 10.2. The molecule has 6 heteroatoms. The van der Waals surface area contributed by atoms with E-state index in [2.05, 4.69) is 15.5 Å². The van der Waals surface area contributed by atoms with Crippen LogP contribution >= 0.6 is 0 Å². The molecule has 1 aromatic rings. The molecular weight excluding hydrogens is 232 g/mol. The van der Waals surface area contributed by atoms with Gasteiger partial charge in [-0.05, 0) is 30.2 Å². The van der Waals surface area contributed by atoms with Crippen LogP contribution in [-0.4, -0.2) is 32.1 Å². The maximum atomic E-state index is 11.4. The number of likely N-dealkylation sites (N-methyl/N-ethyl adjacent to an activating group) is 1. The fraction of sp³-hybridized carbons (Fsp3) is 0.333. The maximum absolute atomic E-state index is 11.4. The van der Waals surface area contributed by atoms with Gasteiger partial charge < -0.3 is 21.3 Å². The van der Waals surface area contributed by atoms with Gasteiger partial charge in [0.05, 0.1) is 6.54 Å². The van der Waals surface area contributed by atoms with Crippen molar-refractivity contribution in [1.82, 2.24) is 5.32 Å². The van der Waals surface area contributed by atoms with E-state index in [-0.39, 0.29) is 6.54 Å². The molecule has 0 atom stereocenters. The molecule has 1 aliphatic heterocycles. The van der Waals surface area contributed by atoms with E-state index < -0.39 is 11.9 Å². The molecule has 0 unspecified atom stereocenters. The standard InChI is InChI=1S/C12H16N4O2/c1-16-5-4-8-6-9(2-3-10(8)16)15-12(18)14-7-11(13)17/h2-3,6H,4-5,7H2,1H3,(H2,13,17)(H2,14,15,18). The summed E-state index contributed by atoms with van der Waals surface area (Å²) in [5.74, 6) is -0.569. The van der Waals surface area contributed by atoms with Crippen LogP contribution < -0.4 is 21.3 Å². The number of amides is 3. The summed E-state index contributed by atoms with van der Waals surface area (Å²) in [6.07, 6.45) is 0.976. The predicted molar refractivity (Wildman–Crippen MR) is 69.6 cm³/mol. The van der Waals surface area contributed by atoms with Crippen molar-refractivity contribution in [2.45, 2.75) is 6.42 Å². The van der Waals surface area contributed by atoms with E-state index in [1.165, 1.54) is 11.3 Å². The molecule has 18 heavy (non-hydrogen) atoms. The van der Waals surface area contributed by atoms with Gasteiger partial charge in [-0.15, -0.1) is 0 Å². The lowest BCUT2D eigenvalue weighted by atomic mass is 10.1. The lowest BCUT2D eigenvalue weighted by Crippen LogP contribution is -2.36. The fourth-order valence-corrected chi connectivity index (χ4v) is 1.99. The van der Waals surface area contributed by atoms with Crippen molar-refractivity contribution in [2.24, 2.45) is 5.73 Å². The van der Waals surface area contributed by atoms with Crippen LogP contribution in [0.25, 0.3) is 0 Å². The van der Waals surface area contributed by atoms with E-state index in [9.17, 15) is 9.59 Å². The summed E-state index contributed by atoms with van der Waals surface area (Å²) in [6, 6.07) is 5.33. The first-order chi connectivity index (χ1) is 8.56. The molecular formula is C12H16N4O2. The highest BCUT2D eigenvalue weighted by Gasteiger charge is 2.15. The first kappa shape index (κ1) is 12.2. The molecule has 0 spiro atoms. The van der Waals surface area contributed by atoms with Gasteiger partial charge in [0.25, 0.3) is 0 Å². The van der Waals surface area contributed by atoms with E-state index in [0.29, 0.717) is 5.69 Å². The molecule has 96 valence electrons. The highest BCUT2D eigenvalue weighted by atomic mass is 16.2. The molecule has 6 nitrogen and oxygen atoms in total. The van der Waals surface area contributed by atoms with Crippen molar-refractivity contribution >= 4 is 23.3 Å². The zero-order valence-corrected chi connectivity index (χ0v) is 10.2. The number of primary amides is 1. The summed E-state index contributed by atoms with van der Waals surface area (Å²) in [5, 5.41) is 5.04. The number of nitrogens with one attached hydrogen (secondary N) is 2. The second kappa shape index (κ2) is 4.95. The molecule has 2 rings (SSSR count). The monoisotopic (exact) mass is 248 g/mol. The van der Waals surface area contributed by atoms with Crippen LogP contribution in [0.5, 0.6) is 0 Å². The molecule has 0 saturated heterocycles. The molecule has 0 radical (unpaired) electrons. The van der Waals surface area contributed by atoms with Gasteiger partial charge in [-0.3, -0.25) is 4.79 Å². The number of anilines is 2. The smallest absolute Gasteiger partial charge is 0.319 e. The summed E-state index contributed by atoms with van der Waals surface area (Å²) < 4.78 is 0. The van der Waals surface area contributed by atoms with Crippen LogP contribution in [0.15, 0.2) is 18.2 Å². The lowest BCUT2D eigenvalue weighted by molar-refractivity contribution is -0.117. The van der Waals surface area contributed by atoms with Crippen molar-refractivity contribution in [3.8, 4) is 0 Å². The summed E-state index contributed by atoms with van der Waals surface area (Å²) >= 11 is 0. The average Bonchev–Trinajstić information content (AvgIpc) is 2.68. The normalized spacial score (nSPS) is 13.1. The van der Waals surface area contributed by atoms with Crippen LogP contribution in [0.3, 0.4) is 0 Å². The molecule has 0 bridgehead atoms. The molecule has 1 aromatic carbocycles. The lowest BCUT2D eigenvalue weighted by Gasteiger charge is -2.12. The van der Waals surface area contributed by atoms with Crippen molar-refractivity contribution in [1.29, 1.82) is 0 Å². The average molecular weight is 248 g/mol. The van der Waals surface area contributed by atoms with Gasteiger partial charge in [-0.1, -0.05) is 0 Å². The molecule has 1 heterocycles. The van der Waals surface area contributed by atoms with Gasteiger partial charge in [0.2, 0.25) is 5.91 Å². The molecule has 4 N–H and O–H groups in total. The van der Waals surface area contributed by atoms with Crippen LogP contribution in [0.1, 0.15) is 5.56 Å². The predicted octanol–water partition coefficient (Wildman–Crippen LogP) is 0.286. The summed E-state index contributed by atoms with van der Waals surface area (Å²) in [6.45, 7) is 0.826. The van der Waals surface area contributed by atoms with E-state index in [1.807, 2.05) is 25.2 Å². The summed E-state index contributed by atoms with van der Waals surface area (Å²) in [7, 11) is 2.04. The summed E-state index contributed by atoms with van der Waals surface area (Å²) in [4.78, 5) is 24.1. The number of carbonyl (C=O) groups is 2. The Morgan fingerprint density at radius 3 is 2.94 bits per heavy atom. The van der Waals surface area contributed by atoms with Crippen LogP contribution in [-0.2, 0) is 11.2 Å². The van der Waals surface area contributed by atoms with Gasteiger partial charge in [0.15, 0.2) is 0 Å². The Morgan fingerprint density at radius 1 is 1.44 bits per heavy atom. The number of carbonyl (C=O) groups excluding carboxylic acids is 2. The minimum Gasteiger partial charge on any atom is -0.374 e. The SMILES string of the molecule is CN1CCc2cc(NC(=O)NCC(N)=O)ccc21.